The van der Waals surface area contributed by atoms with Crippen molar-refractivity contribution in [3.05, 3.63) is 76.9 Å². The van der Waals surface area contributed by atoms with E-state index in [9.17, 15) is 31.9 Å². The summed E-state index contributed by atoms with van der Waals surface area (Å²) >= 11 is 0. The number of benzene rings is 2. The van der Waals surface area contributed by atoms with Crippen LogP contribution in [0.4, 0.5) is 8.78 Å². The van der Waals surface area contributed by atoms with E-state index in [4.69, 9.17) is 5.73 Å². The maximum Gasteiger partial charge on any atom is 0.231 e. The Balaban J connectivity index is 1.95. The number of carbonyl (C=O) groups is 2. The second-order valence-corrected chi connectivity index (χ2v) is 14.1. The van der Waals surface area contributed by atoms with Gasteiger partial charge in [0.05, 0.1) is 21.8 Å². The molecule has 0 radical (unpaired) electrons. The van der Waals surface area contributed by atoms with E-state index in [0.717, 1.165) is 30.0 Å². The minimum absolute atomic E-state index is 0.143. The minimum Gasteiger partial charge on any atom is -0.391 e. The van der Waals surface area contributed by atoms with E-state index >= 15 is 0 Å². The summed E-state index contributed by atoms with van der Waals surface area (Å²) in [6.45, 7) is 7.46. The number of allylic oxidation sites excluding steroid dienone is 1. The Hall–Kier alpha value is -3.15. The minimum atomic E-state index is -3.35. The number of primary amides is 1. The average Bonchev–Trinajstić information content (AvgIpc) is 2.93. The molecule has 3 atom stereocenters. The van der Waals surface area contributed by atoms with Crippen molar-refractivity contribution in [2.24, 2.45) is 16.6 Å². The van der Waals surface area contributed by atoms with E-state index in [1.807, 2.05) is 19.9 Å². The fraction of sp³-hybridized carbons (Fsp3) is 0.515. The predicted molar refractivity (Wildman–Crippen MR) is 166 cm³/mol. The van der Waals surface area contributed by atoms with Gasteiger partial charge in [-0.2, -0.15) is 0 Å². The highest BCUT2D eigenvalue weighted by Crippen LogP contribution is 2.51. The summed E-state index contributed by atoms with van der Waals surface area (Å²) in [4.78, 5) is 29.6. The van der Waals surface area contributed by atoms with E-state index in [1.165, 1.54) is 6.07 Å². The van der Waals surface area contributed by atoms with Gasteiger partial charge in [-0.05, 0) is 87.4 Å². The number of hydrogen-bond acceptors (Lipinski definition) is 6. The van der Waals surface area contributed by atoms with Crippen LogP contribution >= 0.6 is 0 Å². The lowest BCUT2D eigenvalue weighted by Crippen LogP contribution is -2.62. The lowest BCUT2D eigenvalue weighted by molar-refractivity contribution is -0.162. The molecular formula is C33H45F2N3O5S. The maximum absolute atomic E-state index is 14.4. The van der Waals surface area contributed by atoms with Gasteiger partial charge < -0.3 is 21.1 Å². The molecule has 4 N–H and O–H groups in total. The molecule has 0 aromatic heterocycles. The van der Waals surface area contributed by atoms with Crippen molar-refractivity contribution in [3.8, 4) is 0 Å². The van der Waals surface area contributed by atoms with Crippen LogP contribution in [0.5, 0.6) is 0 Å². The molecule has 1 aliphatic rings. The zero-order valence-corrected chi connectivity index (χ0v) is 26.9. The Kier molecular flexibility index (Phi) is 11.8. The standard InChI is InChI=1S/C33H45F2N3O5S/c1-5-13-38(14-6-2)31(41)32(11-8-12-37-22-24-9-7-10-28(17-24)44(4,42)43)19-23(3)20-33(29(32)39,30(36)40)21-25-15-26(34)18-27(35)16-25/h7,9-10,15-18,20,29,37,39H,5-6,8,11-14,19,21-22H2,1-4H3,(H2,36,40)/t29-,32?,33-/m1/s1. The molecule has 0 aliphatic heterocycles. The summed E-state index contributed by atoms with van der Waals surface area (Å²) in [5, 5.41) is 15.4. The van der Waals surface area contributed by atoms with Gasteiger partial charge in [-0.15, -0.1) is 0 Å². The van der Waals surface area contributed by atoms with Gasteiger partial charge in [0.25, 0.3) is 0 Å². The van der Waals surface area contributed by atoms with Gasteiger partial charge in [0.2, 0.25) is 11.8 Å². The number of hydrogen-bond donors (Lipinski definition) is 3. The third-order valence-electron chi connectivity index (χ3n) is 8.32. The number of halogens is 2. The number of nitrogens with two attached hydrogens (primary N) is 1. The van der Waals surface area contributed by atoms with Crippen molar-refractivity contribution in [1.29, 1.82) is 0 Å². The lowest BCUT2D eigenvalue weighted by Gasteiger charge is -2.50. The fourth-order valence-corrected chi connectivity index (χ4v) is 7.18. The van der Waals surface area contributed by atoms with Gasteiger partial charge in [-0.1, -0.05) is 37.6 Å². The van der Waals surface area contributed by atoms with Gasteiger partial charge in [0.15, 0.2) is 9.84 Å². The van der Waals surface area contributed by atoms with Gasteiger partial charge >= 0.3 is 0 Å². The third-order valence-corrected chi connectivity index (χ3v) is 9.43. The molecule has 2 aromatic rings. The van der Waals surface area contributed by atoms with Crippen molar-refractivity contribution in [2.45, 2.75) is 76.8 Å². The van der Waals surface area contributed by atoms with E-state index in [0.29, 0.717) is 51.0 Å². The number of aliphatic hydroxyl groups excluding tert-OH is 1. The topological polar surface area (TPSA) is 130 Å². The highest BCUT2D eigenvalue weighted by Gasteiger charge is 2.59. The monoisotopic (exact) mass is 633 g/mol. The summed E-state index contributed by atoms with van der Waals surface area (Å²) in [6.07, 6.45) is 3.13. The first-order valence-electron chi connectivity index (χ1n) is 15.1. The Labute approximate surface area is 259 Å². The van der Waals surface area contributed by atoms with Gasteiger partial charge in [-0.3, -0.25) is 9.59 Å². The van der Waals surface area contributed by atoms with Crippen LogP contribution in [0.25, 0.3) is 0 Å². The second-order valence-electron chi connectivity index (χ2n) is 12.1. The molecule has 242 valence electrons. The van der Waals surface area contributed by atoms with Gasteiger partial charge in [-0.25, -0.2) is 17.2 Å². The van der Waals surface area contributed by atoms with Crippen molar-refractivity contribution >= 4 is 21.7 Å². The summed E-state index contributed by atoms with van der Waals surface area (Å²) in [7, 11) is -3.35. The number of nitrogens with one attached hydrogen (secondary N) is 1. The quantitative estimate of drug-likeness (QED) is 0.198. The molecule has 8 nitrogen and oxygen atoms in total. The molecule has 2 amide bonds. The van der Waals surface area contributed by atoms with Crippen LogP contribution in [0.15, 0.2) is 59.0 Å². The molecule has 11 heteroatoms. The van der Waals surface area contributed by atoms with E-state index in [1.54, 1.807) is 30.0 Å². The van der Waals surface area contributed by atoms with Crippen LogP contribution in [0.3, 0.4) is 0 Å². The number of aliphatic hydroxyl groups is 1. The molecule has 44 heavy (non-hydrogen) atoms. The maximum atomic E-state index is 14.4. The number of carbonyl (C=O) groups excluding carboxylic acids is 2. The van der Waals surface area contributed by atoms with Crippen LogP contribution in [0.1, 0.15) is 64.0 Å². The van der Waals surface area contributed by atoms with E-state index < -0.39 is 44.3 Å². The normalized spacial score (nSPS) is 22.0. The Morgan fingerprint density at radius 1 is 1.07 bits per heavy atom. The van der Waals surface area contributed by atoms with E-state index in [2.05, 4.69) is 5.32 Å². The van der Waals surface area contributed by atoms with Crippen LogP contribution in [-0.2, 0) is 32.4 Å². The molecule has 1 unspecified atom stereocenters. The van der Waals surface area contributed by atoms with E-state index in [-0.39, 0.29) is 35.6 Å². The predicted octanol–water partition coefficient (Wildman–Crippen LogP) is 4.30. The molecule has 0 saturated heterocycles. The molecular weight excluding hydrogens is 588 g/mol. The molecule has 0 spiro atoms. The first kappa shape index (κ1) is 35.3. The average molecular weight is 634 g/mol. The van der Waals surface area contributed by atoms with Crippen molar-refractivity contribution in [3.63, 3.8) is 0 Å². The first-order valence-corrected chi connectivity index (χ1v) is 17.0. The fourth-order valence-electron chi connectivity index (χ4n) is 6.49. The third kappa shape index (κ3) is 8.11. The number of sulfone groups is 1. The number of nitrogens with zero attached hydrogens (tertiary/aromatic N) is 1. The highest BCUT2D eigenvalue weighted by atomic mass is 32.2. The lowest BCUT2D eigenvalue weighted by atomic mass is 9.57. The molecule has 2 aromatic carbocycles. The second kappa shape index (κ2) is 14.8. The molecule has 0 heterocycles. The number of amides is 2. The molecule has 1 aliphatic carbocycles. The van der Waals surface area contributed by atoms with Crippen molar-refractivity contribution < 1.29 is 31.9 Å². The zero-order valence-electron chi connectivity index (χ0n) is 26.0. The molecule has 0 bridgehead atoms. The largest absolute Gasteiger partial charge is 0.391 e. The first-order chi connectivity index (χ1) is 20.7. The molecule has 3 rings (SSSR count). The SMILES string of the molecule is CCCN(CCC)C(=O)C1(CCCNCc2cccc(S(C)(=O)=O)c2)CC(C)=C[C@](Cc2cc(F)cc(F)c2)(C(N)=O)[C@@H]1O. The van der Waals surface area contributed by atoms with Crippen LogP contribution in [-0.4, -0.2) is 62.2 Å². The molecule has 0 saturated carbocycles. The van der Waals surface area contributed by atoms with Crippen LogP contribution in [0.2, 0.25) is 0 Å². The van der Waals surface area contributed by atoms with Crippen molar-refractivity contribution in [2.75, 3.05) is 25.9 Å². The smallest absolute Gasteiger partial charge is 0.231 e. The van der Waals surface area contributed by atoms with Gasteiger partial charge in [0, 0.05) is 32.0 Å². The Bertz CT molecular complexity index is 1460. The number of rotatable bonds is 15. The summed E-state index contributed by atoms with van der Waals surface area (Å²) in [5.41, 5.74) is 4.38. The van der Waals surface area contributed by atoms with Crippen LogP contribution < -0.4 is 11.1 Å². The van der Waals surface area contributed by atoms with Crippen LogP contribution in [0, 0.1) is 22.5 Å². The zero-order chi connectivity index (χ0) is 32.7. The van der Waals surface area contributed by atoms with Crippen molar-refractivity contribution in [1.82, 2.24) is 10.2 Å². The highest BCUT2D eigenvalue weighted by molar-refractivity contribution is 7.90. The van der Waals surface area contributed by atoms with Gasteiger partial charge in [0.1, 0.15) is 11.6 Å². The summed E-state index contributed by atoms with van der Waals surface area (Å²) < 4.78 is 52.2. The summed E-state index contributed by atoms with van der Waals surface area (Å²) in [5.74, 6) is -2.80. The molecule has 0 fully saturated rings. The summed E-state index contributed by atoms with van der Waals surface area (Å²) in [6, 6.07) is 9.57. The Morgan fingerprint density at radius 3 is 2.27 bits per heavy atom. The Morgan fingerprint density at radius 2 is 1.70 bits per heavy atom.